The zero-order chi connectivity index (χ0) is 49.5. The summed E-state index contributed by atoms with van der Waals surface area (Å²) in [6.45, 7) is 6.34. The number of ether oxygens (including phenoxy) is 1. The zero-order valence-corrected chi connectivity index (χ0v) is 44.7. The third-order valence-electron chi connectivity index (χ3n) is 12.8. The lowest BCUT2D eigenvalue weighted by Crippen LogP contribution is -2.46. The highest BCUT2D eigenvalue weighted by atomic mass is 16.5. The zero-order valence-electron chi connectivity index (χ0n) is 44.7. The smallest absolute Gasteiger partial charge is 0.306 e. The van der Waals surface area contributed by atoms with Gasteiger partial charge in [-0.05, 0) is 83.5 Å². The van der Waals surface area contributed by atoms with Crippen LogP contribution in [0.1, 0.15) is 271 Å². The average Bonchev–Trinajstić information content (AvgIpc) is 3.33. The van der Waals surface area contributed by atoms with E-state index in [0.717, 1.165) is 96.3 Å². The lowest BCUT2D eigenvalue weighted by Gasteiger charge is -2.24. The molecular weight excluding hydrogens is 839 g/mol. The molecule has 0 saturated heterocycles. The van der Waals surface area contributed by atoms with E-state index in [-0.39, 0.29) is 24.9 Å². The number of carbonyl (C=O) groups is 2. The van der Waals surface area contributed by atoms with Gasteiger partial charge in [0, 0.05) is 6.42 Å². The van der Waals surface area contributed by atoms with Crippen molar-refractivity contribution in [2.45, 2.75) is 289 Å². The number of esters is 1. The van der Waals surface area contributed by atoms with Gasteiger partial charge in [0.15, 0.2) is 0 Å². The molecule has 68 heavy (non-hydrogen) atoms. The highest BCUT2D eigenvalue weighted by Crippen LogP contribution is 2.18. The lowest BCUT2D eigenvalue weighted by molar-refractivity contribution is -0.151. The van der Waals surface area contributed by atoms with E-state index in [9.17, 15) is 19.8 Å². The fourth-order valence-corrected chi connectivity index (χ4v) is 8.46. The maximum atomic E-state index is 13.3. The number of amides is 1. The van der Waals surface area contributed by atoms with Gasteiger partial charge in [0.25, 0.3) is 0 Å². The molecule has 0 saturated carbocycles. The van der Waals surface area contributed by atoms with Crippen molar-refractivity contribution < 1.29 is 24.5 Å². The van der Waals surface area contributed by atoms with Crippen molar-refractivity contribution in [2.75, 3.05) is 6.61 Å². The predicted molar refractivity (Wildman–Crippen MR) is 296 cm³/mol. The molecule has 0 radical (unpaired) electrons. The van der Waals surface area contributed by atoms with Crippen LogP contribution in [-0.4, -0.2) is 46.9 Å². The normalized spacial score (nSPS) is 13.8. The number of nitrogens with one attached hydrogen (secondary N) is 1. The molecule has 0 aliphatic rings. The van der Waals surface area contributed by atoms with Crippen LogP contribution in [0.25, 0.3) is 0 Å². The van der Waals surface area contributed by atoms with Crippen molar-refractivity contribution in [3.63, 3.8) is 0 Å². The van der Waals surface area contributed by atoms with Crippen LogP contribution < -0.4 is 5.32 Å². The first-order valence-electron chi connectivity index (χ1n) is 28.9. The number of aliphatic hydroxyl groups excluding tert-OH is 2. The van der Waals surface area contributed by atoms with Crippen molar-refractivity contribution in [1.29, 1.82) is 0 Å². The van der Waals surface area contributed by atoms with Gasteiger partial charge in [-0.25, -0.2) is 0 Å². The Morgan fingerprint density at radius 3 is 1.38 bits per heavy atom. The molecule has 0 aromatic heterocycles. The monoisotopic (exact) mass is 948 g/mol. The second-order valence-corrected chi connectivity index (χ2v) is 19.4. The Hall–Kier alpha value is -2.96. The topological polar surface area (TPSA) is 95.9 Å². The average molecular weight is 949 g/mol. The molecule has 0 spiro atoms. The molecule has 0 heterocycles. The van der Waals surface area contributed by atoms with Gasteiger partial charge >= 0.3 is 5.97 Å². The Bertz CT molecular complexity index is 1290. The minimum atomic E-state index is -0.806. The summed E-state index contributed by atoms with van der Waals surface area (Å²) >= 11 is 0. The predicted octanol–water partition coefficient (Wildman–Crippen LogP) is 17.9. The van der Waals surface area contributed by atoms with Crippen molar-refractivity contribution in [3.05, 3.63) is 85.1 Å². The van der Waals surface area contributed by atoms with E-state index in [2.05, 4.69) is 105 Å². The number of hydrogen-bond donors (Lipinski definition) is 3. The molecule has 3 N–H and O–H groups in total. The van der Waals surface area contributed by atoms with E-state index in [1.165, 1.54) is 128 Å². The molecule has 0 fully saturated rings. The molecule has 0 aromatic carbocycles. The molecule has 3 atom stereocenters. The standard InChI is InChI=1S/C62H109NO5/c1-4-7-10-13-16-19-22-25-28-31-33-36-39-42-45-48-51-54-60(65)59(57-64)63-61(66)56-58(53-50-47-44-41-38-35-32-29-26-23-20-17-14-11-8-5-2)68-62(67)55-52-49-46-43-40-37-34-30-27-24-21-18-15-12-9-6-3/h9,12,17-18,20-21,23,26-27,29-30,32,35,38,58-60,64-65H,4-8,10-11,13-16,19,22,24-25,28,31,33-34,36-37,39-57H2,1-3H3,(H,63,66)/b12-9+,20-17+,21-18+,26-23+,30-27+,32-29+,38-35+. The molecule has 0 aromatic rings. The summed E-state index contributed by atoms with van der Waals surface area (Å²) in [4.78, 5) is 26.3. The van der Waals surface area contributed by atoms with E-state index >= 15 is 0 Å². The Labute approximate surface area is 421 Å². The van der Waals surface area contributed by atoms with Gasteiger partial charge in [0.05, 0.1) is 25.2 Å². The molecule has 6 heteroatoms. The van der Waals surface area contributed by atoms with Crippen LogP contribution in [0.3, 0.4) is 0 Å². The lowest BCUT2D eigenvalue weighted by atomic mass is 10.0. The molecule has 1 amide bonds. The molecule has 0 aliphatic heterocycles. The fraction of sp³-hybridized carbons (Fsp3) is 0.742. The van der Waals surface area contributed by atoms with Crippen LogP contribution in [0.4, 0.5) is 0 Å². The summed E-state index contributed by atoms with van der Waals surface area (Å²) in [5, 5.41) is 23.9. The van der Waals surface area contributed by atoms with E-state index in [4.69, 9.17) is 4.74 Å². The summed E-state index contributed by atoms with van der Waals surface area (Å²) in [7, 11) is 0. The minimum Gasteiger partial charge on any atom is -0.462 e. The van der Waals surface area contributed by atoms with Crippen molar-refractivity contribution in [3.8, 4) is 0 Å². The number of unbranched alkanes of at least 4 members (excludes halogenated alkanes) is 28. The third-order valence-corrected chi connectivity index (χ3v) is 12.8. The summed E-state index contributed by atoms with van der Waals surface area (Å²) in [5.74, 6) is -0.526. The molecular formula is C62H109NO5. The van der Waals surface area contributed by atoms with Crippen molar-refractivity contribution >= 4 is 11.9 Å². The highest BCUT2D eigenvalue weighted by Gasteiger charge is 2.24. The summed E-state index contributed by atoms with van der Waals surface area (Å²) in [6.07, 6.45) is 72.1. The Kier molecular flexibility index (Phi) is 52.6. The van der Waals surface area contributed by atoms with Crippen LogP contribution in [0.15, 0.2) is 85.1 Å². The number of rotatable bonds is 51. The van der Waals surface area contributed by atoms with Gasteiger partial charge in [-0.3, -0.25) is 9.59 Å². The molecule has 6 nitrogen and oxygen atoms in total. The van der Waals surface area contributed by atoms with Gasteiger partial charge in [0.1, 0.15) is 6.10 Å². The van der Waals surface area contributed by atoms with Crippen LogP contribution in [-0.2, 0) is 14.3 Å². The number of hydrogen-bond acceptors (Lipinski definition) is 5. The van der Waals surface area contributed by atoms with E-state index in [1.54, 1.807) is 0 Å². The van der Waals surface area contributed by atoms with Gasteiger partial charge in [0.2, 0.25) is 5.91 Å². The molecule has 0 bridgehead atoms. The van der Waals surface area contributed by atoms with Crippen molar-refractivity contribution in [1.82, 2.24) is 5.32 Å². The largest absolute Gasteiger partial charge is 0.462 e. The van der Waals surface area contributed by atoms with E-state index < -0.39 is 18.2 Å². The first kappa shape index (κ1) is 65.0. The first-order valence-corrected chi connectivity index (χ1v) is 28.9. The van der Waals surface area contributed by atoms with E-state index in [0.29, 0.717) is 19.3 Å². The summed E-state index contributed by atoms with van der Waals surface area (Å²) in [6, 6.07) is -0.723. The SMILES string of the molecule is CC/C=C/C/C=C/C/C=C/CCCCCCCCC(=O)OC(CCCCC/C=C/C=C/C=C/C=C/CCCCC)CC(=O)NC(CO)C(O)CCCCCCCCCCCCCCCCCCC. The maximum Gasteiger partial charge on any atom is 0.306 e. The van der Waals surface area contributed by atoms with Crippen LogP contribution >= 0.6 is 0 Å². The molecule has 0 aliphatic carbocycles. The van der Waals surface area contributed by atoms with Crippen LogP contribution in [0.2, 0.25) is 0 Å². The van der Waals surface area contributed by atoms with Gasteiger partial charge in [-0.1, -0.05) is 260 Å². The highest BCUT2D eigenvalue weighted by molar-refractivity contribution is 5.77. The van der Waals surface area contributed by atoms with Crippen LogP contribution in [0, 0.1) is 0 Å². The van der Waals surface area contributed by atoms with Crippen LogP contribution in [0.5, 0.6) is 0 Å². The molecule has 3 unspecified atom stereocenters. The summed E-state index contributed by atoms with van der Waals surface area (Å²) < 4.78 is 5.94. The number of allylic oxidation sites excluding steroid dienone is 14. The van der Waals surface area contributed by atoms with Gasteiger partial charge in [-0.2, -0.15) is 0 Å². The van der Waals surface area contributed by atoms with E-state index in [1.807, 2.05) is 6.08 Å². The quantitative estimate of drug-likeness (QED) is 0.0244. The summed E-state index contributed by atoms with van der Waals surface area (Å²) in [5.41, 5.74) is 0. The Morgan fingerprint density at radius 1 is 0.456 bits per heavy atom. The second-order valence-electron chi connectivity index (χ2n) is 19.4. The maximum absolute atomic E-state index is 13.3. The van der Waals surface area contributed by atoms with Gasteiger partial charge in [-0.15, -0.1) is 0 Å². The van der Waals surface area contributed by atoms with Crippen molar-refractivity contribution in [2.24, 2.45) is 0 Å². The fourth-order valence-electron chi connectivity index (χ4n) is 8.46. The second kappa shape index (κ2) is 55.0. The number of carbonyl (C=O) groups excluding carboxylic acids is 2. The molecule has 392 valence electrons. The minimum absolute atomic E-state index is 0.0429. The number of aliphatic hydroxyl groups is 2. The first-order chi connectivity index (χ1) is 33.5. The third kappa shape index (κ3) is 49.5. The van der Waals surface area contributed by atoms with Gasteiger partial charge < -0.3 is 20.3 Å². The Balaban J connectivity index is 4.64. The molecule has 0 rings (SSSR count). The Morgan fingerprint density at radius 2 is 0.853 bits per heavy atom.